The minimum atomic E-state index is -0.584. The molecule has 4 aromatic rings. The summed E-state index contributed by atoms with van der Waals surface area (Å²) >= 11 is 0. The predicted octanol–water partition coefficient (Wildman–Crippen LogP) is 4.89. The summed E-state index contributed by atoms with van der Waals surface area (Å²) in [6.45, 7) is 1.89. The second-order valence-electron chi connectivity index (χ2n) is 7.63. The van der Waals surface area contributed by atoms with E-state index in [4.69, 9.17) is 4.74 Å². The van der Waals surface area contributed by atoms with E-state index >= 15 is 0 Å². The summed E-state index contributed by atoms with van der Waals surface area (Å²) in [5, 5.41) is 7.19. The van der Waals surface area contributed by atoms with E-state index in [0.717, 1.165) is 0 Å². The molecule has 3 aromatic carbocycles. The summed E-state index contributed by atoms with van der Waals surface area (Å²) < 4.78 is 24.8. The number of carbonyl (C=O) groups is 3. The third-order valence-corrected chi connectivity index (χ3v) is 5.25. The van der Waals surface area contributed by atoms with Gasteiger partial charge in [-0.1, -0.05) is 12.1 Å². The Morgan fingerprint density at radius 1 is 0.917 bits per heavy atom. The molecule has 1 heterocycles. The zero-order valence-corrected chi connectivity index (χ0v) is 19.5. The van der Waals surface area contributed by atoms with Crippen LogP contribution in [0.2, 0.25) is 0 Å². The first-order chi connectivity index (χ1) is 17.4. The fourth-order valence-corrected chi connectivity index (χ4v) is 3.51. The Labute approximate surface area is 206 Å². The lowest BCUT2D eigenvalue weighted by Gasteiger charge is -2.10. The van der Waals surface area contributed by atoms with Crippen molar-refractivity contribution in [2.24, 2.45) is 0 Å². The number of hydrogen-bond acceptors (Lipinski definition) is 6. The maximum absolute atomic E-state index is 13.5. The van der Waals surface area contributed by atoms with Crippen LogP contribution in [0.3, 0.4) is 0 Å². The Kier molecular flexibility index (Phi) is 7.20. The smallest absolute Gasteiger partial charge is 0.358 e. The molecule has 0 aliphatic carbocycles. The quantitative estimate of drug-likeness (QED) is 0.373. The summed E-state index contributed by atoms with van der Waals surface area (Å²) in [6.07, 6.45) is 0. The maximum atomic E-state index is 13.5. The first-order valence-electron chi connectivity index (χ1n) is 11.0. The van der Waals surface area contributed by atoms with E-state index in [1.807, 2.05) is 0 Å². The number of amides is 1. The molecule has 36 heavy (non-hydrogen) atoms. The van der Waals surface area contributed by atoms with Crippen LogP contribution in [0.5, 0.6) is 0 Å². The molecule has 4 rings (SSSR count). The number of methoxy groups -OCH3 is 1. The molecular formula is C27H22FN3O5. The molecule has 0 aliphatic heterocycles. The summed E-state index contributed by atoms with van der Waals surface area (Å²) in [5.74, 6) is -1.85. The number of carbonyl (C=O) groups excluding carboxylic acids is 3. The summed E-state index contributed by atoms with van der Waals surface area (Å²) in [7, 11) is 1.29. The Bertz CT molecular complexity index is 1410. The number of nitrogens with one attached hydrogen (secondary N) is 1. The lowest BCUT2D eigenvalue weighted by atomic mass is 10.1. The van der Waals surface area contributed by atoms with E-state index < -0.39 is 17.8 Å². The van der Waals surface area contributed by atoms with Crippen LogP contribution in [0, 0.1) is 5.82 Å². The minimum absolute atomic E-state index is 0.0938. The fourth-order valence-electron chi connectivity index (χ4n) is 3.51. The van der Waals surface area contributed by atoms with Gasteiger partial charge in [0, 0.05) is 16.8 Å². The van der Waals surface area contributed by atoms with Gasteiger partial charge in [-0.15, -0.1) is 0 Å². The van der Waals surface area contributed by atoms with Gasteiger partial charge in [0.05, 0.1) is 30.7 Å². The molecule has 182 valence electrons. The van der Waals surface area contributed by atoms with Gasteiger partial charge in [0.1, 0.15) is 5.82 Å². The monoisotopic (exact) mass is 487 g/mol. The van der Waals surface area contributed by atoms with Crippen molar-refractivity contribution in [3.8, 4) is 16.9 Å². The van der Waals surface area contributed by atoms with Gasteiger partial charge in [-0.3, -0.25) is 4.79 Å². The van der Waals surface area contributed by atoms with Crippen LogP contribution >= 0.6 is 0 Å². The van der Waals surface area contributed by atoms with Crippen LogP contribution in [-0.4, -0.2) is 41.3 Å². The van der Waals surface area contributed by atoms with E-state index in [9.17, 15) is 18.8 Å². The standard InChI is InChI=1S/C27H22FN3O5/c1-3-36-27(34)23-16-24(31(30-23)22-13-11-20(28)12-14-22)19-5-4-6-21(15-19)29-25(32)17-7-9-18(10-8-17)26(33)35-2/h4-16H,3H2,1-2H3,(H,29,32). The van der Waals surface area contributed by atoms with Gasteiger partial charge in [-0.05, 0) is 73.7 Å². The molecule has 8 nitrogen and oxygen atoms in total. The van der Waals surface area contributed by atoms with Crippen LogP contribution in [0.1, 0.15) is 38.1 Å². The third kappa shape index (κ3) is 5.30. The van der Waals surface area contributed by atoms with Gasteiger partial charge in [-0.25, -0.2) is 18.7 Å². The highest BCUT2D eigenvalue weighted by Gasteiger charge is 2.18. The number of hydrogen-bond donors (Lipinski definition) is 1. The van der Waals surface area contributed by atoms with Gasteiger partial charge >= 0.3 is 11.9 Å². The molecule has 0 unspecified atom stereocenters. The Hall–Kier alpha value is -4.79. The molecular weight excluding hydrogens is 465 g/mol. The lowest BCUT2D eigenvalue weighted by molar-refractivity contribution is 0.0518. The maximum Gasteiger partial charge on any atom is 0.358 e. The van der Waals surface area contributed by atoms with E-state index in [-0.39, 0.29) is 18.2 Å². The predicted molar refractivity (Wildman–Crippen MR) is 131 cm³/mol. The normalized spacial score (nSPS) is 10.5. The van der Waals surface area contributed by atoms with Gasteiger partial charge in [-0.2, -0.15) is 5.10 Å². The molecule has 9 heteroatoms. The third-order valence-electron chi connectivity index (χ3n) is 5.25. The summed E-state index contributed by atoms with van der Waals surface area (Å²) in [5.41, 5.74) is 3.03. The Balaban J connectivity index is 1.65. The fraction of sp³-hybridized carbons (Fsp3) is 0.111. The Morgan fingerprint density at radius 3 is 2.28 bits per heavy atom. The second-order valence-corrected chi connectivity index (χ2v) is 7.63. The lowest BCUT2D eigenvalue weighted by Crippen LogP contribution is -2.12. The van der Waals surface area contributed by atoms with Crippen molar-refractivity contribution in [2.45, 2.75) is 6.92 Å². The van der Waals surface area contributed by atoms with Crippen molar-refractivity contribution in [1.29, 1.82) is 0 Å². The summed E-state index contributed by atoms with van der Waals surface area (Å²) in [6, 6.07) is 20.3. The highest BCUT2D eigenvalue weighted by atomic mass is 19.1. The van der Waals surface area contributed by atoms with Crippen molar-refractivity contribution in [1.82, 2.24) is 9.78 Å². The average molecular weight is 487 g/mol. The zero-order valence-electron chi connectivity index (χ0n) is 19.5. The van der Waals surface area contributed by atoms with Crippen LogP contribution in [0.15, 0.2) is 78.9 Å². The van der Waals surface area contributed by atoms with E-state index in [0.29, 0.717) is 33.8 Å². The van der Waals surface area contributed by atoms with Crippen LogP contribution in [-0.2, 0) is 9.47 Å². The largest absolute Gasteiger partial charge is 0.465 e. The molecule has 0 atom stereocenters. The second kappa shape index (κ2) is 10.6. The molecule has 0 spiro atoms. The molecule has 1 N–H and O–H groups in total. The topological polar surface area (TPSA) is 99.5 Å². The number of nitrogens with zero attached hydrogens (tertiary/aromatic N) is 2. The molecule has 1 amide bonds. The highest BCUT2D eigenvalue weighted by Crippen LogP contribution is 2.27. The molecule has 0 saturated heterocycles. The van der Waals surface area contributed by atoms with Gasteiger partial charge in [0.25, 0.3) is 5.91 Å². The van der Waals surface area contributed by atoms with Gasteiger partial charge < -0.3 is 14.8 Å². The molecule has 0 radical (unpaired) electrons. The van der Waals surface area contributed by atoms with E-state index in [2.05, 4.69) is 15.2 Å². The van der Waals surface area contributed by atoms with Crippen LogP contribution in [0.4, 0.5) is 10.1 Å². The number of anilines is 1. The van der Waals surface area contributed by atoms with Crippen molar-refractivity contribution in [3.63, 3.8) is 0 Å². The molecule has 1 aromatic heterocycles. The number of rotatable bonds is 7. The SMILES string of the molecule is CCOC(=O)c1cc(-c2cccc(NC(=O)c3ccc(C(=O)OC)cc3)c2)n(-c2ccc(F)cc2)n1. The first kappa shape index (κ1) is 24.3. The van der Waals surface area contributed by atoms with Gasteiger partial charge in [0.2, 0.25) is 0 Å². The van der Waals surface area contributed by atoms with Crippen molar-refractivity contribution < 1.29 is 28.2 Å². The van der Waals surface area contributed by atoms with E-state index in [1.165, 1.54) is 48.2 Å². The van der Waals surface area contributed by atoms with Crippen molar-refractivity contribution in [2.75, 3.05) is 19.0 Å². The van der Waals surface area contributed by atoms with Crippen molar-refractivity contribution >= 4 is 23.5 Å². The Morgan fingerprint density at radius 2 is 1.61 bits per heavy atom. The van der Waals surface area contributed by atoms with Crippen LogP contribution < -0.4 is 5.32 Å². The number of halogens is 1. The highest BCUT2D eigenvalue weighted by molar-refractivity contribution is 6.05. The number of esters is 2. The van der Waals surface area contributed by atoms with Gasteiger partial charge in [0.15, 0.2) is 5.69 Å². The average Bonchev–Trinajstić information content (AvgIpc) is 3.35. The number of ether oxygens (including phenoxy) is 2. The molecule has 0 aliphatic rings. The van der Waals surface area contributed by atoms with Crippen LogP contribution in [0.25, 0.3) is 16.9 Å². The zero-order chi connectivity index (χ0) is 25.7. The first-order valence-corrected chi connectivity index (χ1v) is 11.0. The summed E-state index contributed by atoms with van der Waals surface area (Å²) in [4.78, 5) is 36.7. The number of benzene rings is 3. The minimum Gasteiger partial charge on any atom is -0.465 e. The molecule has 0 fully saturated rings. The molecule has 0 bridgehead atoms. The van der Waals surface area contributed by atoms with Crippen molar-refractivity contribution in [3.05, 3.63) is 102 Å². The van der Waals surface area contributed by atoms with E-state index in [1.54, 1.807) is 49.4 Å². The molecule has 0 saturated carbocycles. The number of aromatic nitrogens is 2.